The second-order valence-electron chi connectivity index (χ2n) is 31.1. The Hall–Kier alpha value is -14.8. The average molecular weight is 1470 g/mol. The number of para-hydroxylation sites is 4. The lowest BCUT2D eigenvalue weighted by molar-refractivity contribution is 0.660. The van der Waals surface area contributed by atoms with Crippen LogP contribution in [-0.4, -0.2) is 18.3 Å². The van der Waals surface area contributed by atoms with Crippen LogP contribution in [0.15, 0.2) is 425 Å². The summed E-state index contributed by atoms with van der Waals surface area (Å²) in [7, 11) is 0. The van der Waals surface area contributed by atoms with E-state index in [2.05, 4.69) is 457 Å². The molecule has 115 heavy (non-hydrogen) atoms. The number of nitrogens with zero attached hydrogens (tertiary/aromatic N) is 4. The van der Waals surface area contributed by atoms with Gasteiger partial charge in [-0.05, 0) is 221 Å². The first-order chi connectivity index (χ1) is 56.8. The second-order valence-corrected chi connectivity index (χ2v) is 31.1. The van der Waals surface area contributed by atoms with Gasteiger partial charge in [0.15, 0.2) is 0 Å². The van der Waals surface area contributed by atoms with Gasteiger partial charge in [-0.25, -0.2) is 0 Å². The molecule has 0 radical (unpaired) electrons. The van der Waals surface area contributed by atoms with Crippen molar-refractivity contribution in [3.63, 3.8) is 0 Å². The average Bonchev–Trinajstić information content (AvgIpc) is 1.57. The number of aromatic nitrogens is 4. The van der Waals surface area contributed by atoms with Crippen LogP contribution in [-0.2, 0) is 5.41 Å². The van der Waals surface area contributed by atoms with Crippen LogP contribution in [0, 0.1) is 0 Å². The maximum absolute atomic E-state index is 2.45. The van der Waals surface area contributed by atoms with Crippen molar-refractivity contribution in [1.29, 1.82) is 0 Å². The molecule has 1 aliphatic rings. The lowest BCUT2D eigenvalue weighted by Crippen LogP contribution is -2.15. The van der Waals surface area contributed by atoms with Crippen molar-refractivity contribution in [1.82, 2.24) is 18.3 Å². The molecule has 4 nitrogen and oxygen atoms in total. The van der Waals surface area contributed by atoms with Gasteiger partial charge in [0.2, 0.25) is 0 Å². The van der Waals surface area contributed by atoms with Crippen molar-refractivity contribution in [3.8, 4) is 112 Å². The summed E-state index contributed by atoms with van der Waals surface area (Å²) < 4.78 is 9.64. The van der Waals surface area contributed by atoms with E-state index in [4.69, 9.17) is 0 Å². The molecule has 0 spiro atoms. The summed E-state index contributed by atoms with van der Waals surface area (Å²) in [6.45, 7) is 4.71. The Bertz CT molecular complexity index is 7560. The smallest absolute Gasteiger partial charge is 0.0541 e. The molecule has 0 aliphatic heterocycles. The van der Waals surface area contributed by atoms with Crippen LogP contribution in [0.1, 0.15) is 25.0 Å². The second kappa shape index (κ2) is 27.3. The summed E-state index contributed by atoms with van der Waals surface area (Å²) in [5, 5.41) is 10.1. The molecular formula is C111H76N4. The maximum atomic E-state index is 2.45. The normalized spacial score (nSPS) is 12.3. The molecule has 4 heterocycles. The molecule has 23 rings (SSSR count). The highest BCUT2D eigenvalue weighted by molar-refractivity contribution is 6.14. The first-order valence-corrected chi connectivity index (χ1v) is 39.8. The monoisotopic (exact) mass is 1460 g/mol. The van der Waals surface area contributed by atoms with Gasteiger partial charge in [0.1, 0.15) is 0 Å². The van der Waals surface area contributed by atoms with Crippen LogP contribution in [0.5, 0.6) is 0 Å². The van der Waals surface area contributed by atoms with E-state index in [1.54, 1.807) is 0 Å². The molecule has 18 aromatic carbocycles. The summed E-state index contributed by atoms with van der Waals surface area (Å²) >= 11 is 0. The fourth-order valence-electron chi connectivity index (χ4n) is 18.6. The zero-order chi connectivity index (χ0) is 76.2. The summed E-state index contributed by atoms with van der Waals surface area (Å²) in [4.78, 5) is 0. The molecule has 0 unspecified atom stereocenters. The highest BCUT2D eigenvalue weighted by atomic mass is 15.0. The lowest BCUT2D eigenvalue weighted by Gasteiger charge is -2.22. The number of hydrogen-bond donors (Lipinski definition) is 0. The molecular weight excluding hydrogens is 1390 g/mol. The van der Waals surface area contributed by atoms with Crippen molar-refractivity contribution >= 4 is 87.2 Å². The summed E-state index contributed by atoms with van der Waals surface area (Å²) in [6, 6.07) is 155. The Morgan fingerprint density at radius 3 is 0.774 bits per heavy atom. The molecule has 4 heteroatoms. The standard InChI is InChI=1S/C57H40N2.C54H36N2/c1-57(2)51-20-9-6-17-45(51)46-30-29-44(36-52(46)57)59-54-22-11-8-19-48(54)50-35-42(28-32-56(50)59)39-25-23-38(24-26-39)41-27-31-55-49(34-41)47-18-7-10-21-53(47)58(55)43-16-12-15-40(33-43)37-13-4-3-5-14-37;1-3-12-37(13-4-1)39-26-30-45(31-27-39)55-51-20-9-7-18-47(51)49-35-43(28-32-53(49)55)40-22-24-41(25-23-40)44-29-33-54-50(36-44)48-19-8-10-21-52(48)56(54)46-17-11-16-42(34-46)38-14-5-2-6-15-38/h3-36H,1-2H3;1-36H. The van der Waals surface area contributed by atoms with Gasteiger partial charge in [0.25, 0.3) is 0 Å². The van der Waals surface area contributed by atoms with E-state index in [0.29, 0.717) is 0 Å². The first-order valence-electron chi connectivity index (χ1n) is 39.8. The SMILES string of the molecule is CC1(C)c2ccccc2-c2ccc(-n3c4ccccc4c4cc(-c5ccc(-c6ccc7c(c6)c6ccccc6n7-c6cccc(-c7ccccc7)c6)cc5)ccc43)cc21.c1ccc(-c2ccc(-n3c4ccccc4c4cc(-c5ccc(-c6ccc7c(c6)c6ccccc6n7-c6cccc(-c7ccccc7)c6)cc5)ccc43)cc2)cc1. The Morgan fingerprint density at radius 2 is 0.391 bits per heavy atom. The van der Waals surface area contributed by atoms with E-state index in [1.165, 1.54) is 193 Å². The van der Waals surface area contributed by atoms with Crippen LogP contribution >= 0.6 is 0 Å². The molecule has 540 valence electrons. The maximum Gasteiger partial charge on any atom is 0.0541 e. The van der Waals surface area contributed by atoms with E-state index in [-0.39, 0.29) is 5.41 Å². The van der Waals surface area contributed by atoms with Gasteiger partial charge < -0.3 is 18.3 Å². The van der Waals surface area contributed by atoms with Gasteiger partial charge >= 0.3 is 0 Å². The minimum absolute atomic E-state index is 0.0555. The Morgan fingerprint density at radius 1 is 0.148 bits per heavy atom. The minimum Gasteiger partial charge on any atom is -0.309 e. The molecule has 0 bridgehead atoms. The van der Waals surface area contributed by atoms with Crippen molar-refractivity contribution in [2.24, 2.45) is 0 Å². The summed E-state index contributed by atoms with van der Waals surface area (Å²) in [5.41, 5.74) is 36.8. The number of hydrogen-bond acceptors (Lipinski definition) is 0. The third kappa shape index (κ3) is 11.4. The van der Waals surface area contributed by atoms with Gasteiger partial charge in [-0.1, -0.05) is 317 Å². The number of benzene rings is 18. The topological polar surface area (TPSA) is 19.7 Å². The molecule has 0 N–H and O–H groups in total. The Balaban J connectivity index is 0.000000140. The van der Waals surface area contributed by atoms with Crippen molar-refractivity contribution in [3.05, 3.63) is 436 Å². The van der Waals surface area contributed by atoms with E-state index < -0.39 is 0 Å². The third-order valence-corrected chi connectivity index (χ3v) is 24.3. The van der Waals surface area contributed by atoms with Crippen LogP contribution in [0.25, 0.3) is 199 Å². The molecule has 0 amide bonds. The van der Waals surface area contributed by atoms with Crippen LogP contribution in [0.2, 0.25) is 0 Å². The molecule has 1 aliphatic carbocycles. The van der Waals surface area contributed by atoms with Crippen LogP contribution in [0.3, 0.4) is 0 Å². The highest BCUT2D eigenvalue weighted by Gasteiger charge is 2.36. The lowest BCUT2D eigenvalue weighted by atomic mass is 9.82. The predicted molar refractivity (Wildman–Crippen MR) is 486 cm³/mol. The third-order valence-electron chi connectivity index (χ3n) is 24.3. The Kier molecular flexibility index (Phi) is 15.9. The number of fused-ring (bicyclic) bond motifs is 15. The molecule has 22 aromatic rings. The van der Waals surface area contributed by atoms with Crippen LogP contribution in [0.4, 0.5) is 0 Å². The largest absolute Gasteiger partial charge is 0.309 e. The highest BCUT2D eigenvalue weighted by Crippen LogP contribution is 2.50. The summed E-state index contributed by atoms with van der Waals surface area (Å²) in [6.07, 6.45) is 0. The van der Waals surface area contributed by atoms with E-state index in [1.807, 2.05) is 0 Å². The van der Waals surface area contributed by atoms with Crippen molar-refractivity contribution < 1.29 is 0 Å². The van der Waals surface area contributed by atoms with Crippen molar-refractivity contribution in [2.75, 3.05) is 0 Å². The fraction of sp³-hybridized carbons (Fsp3) is 0.0270. The molecule has 0 saturated carbocycles. The van der Waals surface area contributed by atoms with Gasteiger partial charge in [-0.2, -0.15) is 0 Å². The van der Waals surface area contributed by atoms with E-state index >= 15 is 0 Å². The zero-order valence-electron chi connectivity index (χ0n) is 63.7. The van der Waals surface area contributed by atoms with Gasteiger partial charge in [-0.15, -0.1) is 0 Å². The predicted octanol–water partition coefficient (Wildman–Crippen LogP) is 29.7. The van der Waals surface area contributed by atoms with Crippen LogP contribution < -0.4 is 0 Å². The summed E-state index contributed by atoms with van der Waals surface area (Å²) in [5.74, 6) is 0. The zero-order valence-corrected chi connectivity index (χ0v) is 63.7. The molecule has 4 aromatic heterocycles. The van der Waals surface area contributed by atoms with Crippen molar-refractivity contribution in [2.45, 2.75) is 19.3 Å². The van der Waals surface area contributed by atoms with E-state index in [9.17, 15) is 0 Å². The quantitative estimate of drug-likeness (QED) is 0.123. The van der Waals surface area contributed by atoms with E-state index in [0.717, 1.165) is 17.1 Å². The Labute approximate surface area is 667 Å². The molecule has 0 atom stereocenters. The van der Waals surface area contributed by atoms with Gasteiger partial charge in [-0.3, -0.25) is 0 Å². The molecule has 0 fully saturated rings. The van der Waals surface area contributed by atoms with Gasteiger partial charge in [0, 0.05) is 71.3 Å². The number of rotatable bonds is 11. The van der Waals surface area contributed by atoms with Gasteiger partial charge in [0.05, 0.1) is 44.1 Å². The molecule has 0 saturated heterocycles. The minimum atomic E-state index is -0.0555. The fourth-order valence-corrected chi connectivity index (χ4v) is 18.6. The first kappa shape index (κ1) is 67.1.